The molecule has 176 valence electrons. The van der Waals surface area contributed by atoms with E-state index in [9.17, 15) is 14.0 Å². The van der Waals surface area contributed by atoms with Crippen molar-refractivity contribution in [3.8, 4) is 0 Å². The third kappa shape index (κ3) is 6.38. The molecule has 1 atom stereocenters. The molecular weight excluding hydrogens is 433 g/mol. The Bertz CT molecular complexity index is 1150. The number of carbonyl (C=O) groups is 2. The van der Waals surface area contributed by atoms with Gasteiger partial charge in [0, 0.05) is 5.56 Å². The van der Waals surface area contributed by atoms with Crippen LogP contribution in [0, 0.1) is 5.82 Å². The van der Waals surface area contributed by atoms with Crippen molar-refractivity contribution in [3.05, 3.63) is 107 Å². The molecule has 0 aliphatic rings. The summed E-state index contributed by atoms with van der Waals surface area (Å²) in [6.07, 6.45) is 0. The van der Waals surface area contributed by atoms with E-state index in [-0.39, 0.29) is 12.3 Å². The Labute approximate surface area is 199 Å². The van der Waals surface area contributed by atoms with E-state index >= 15 is 0 Å². The summed E-state index contributed by atoms with van der Waals surface area (Å²) in [5, 5.41) is 0. The number of hydrogen-bond donors (Lipinski definition) is 0. The first-order valence-corrected chi connectivity index (χ1v) is 10.9. The molecule has 0 heterocycles. The monoisotopic (exact) mass is 461 g/mol. The third-order valence-electron chi connectivity index (χ3n) is 5.01. The molecule has 0 bridgehead atoms. The molecule has 1 unspecified atom stereocenters. The summed E-state index contributed by atoms with van der Waals surface area (Å²) in [5.41, 5.74) is -0.991. The van der Waals surface area contributed by atoms with Crippen LogP contribution in [0.1, 0.15) is 49.2 Å². The zero-order valence-electron chi connectivity index (χ0n) is 19.7. The van der Waals surface area contributed by atoms with Crippen molar-refractivity contribution in [1.82, 2.24) is 0 Å². The van der Waals surface area contributed by atoms with Crippen LogP contribution in [0.5, 0.6) is 0 Å². The van der Waals surface area contributed by atoms with Crippen molar-refractivity contribution in [2.45, 2.75) is 45.4 Å². The van der Waals surface area contributed by atoms with Crippen molar-refractivity contribution >= 4 is 17.7 Å². The summed E-state index contributed by atoms with van der Waals surface area (Å²) in [6, 6.07) is 23.2. The second-order valence-corrected chi connectivity index (χ2v) is 8.95. The van der Waals surface area contributed by atoms with E-state index in [1.165, 1.54) is 24.3 Å². The fraction of sp³-hybridized carbons (Fsp3) is 0.250. The van der Waals surface area contributed by atoms with E-state index in [1.54, 1.807) is 58.0 Å². The van der Waals surface area contributed by atoms with Crippen LogP contribution >= 0.6 is 0 Å². The van der Waals surface area contributed by atoms with Gasteiger partial charge in [0.25, 0.3) is 0 Å². The van der Waals surface area contributed by atoms with Gasteiger partial charge >= 0.3 is 11.9 Å². The number of benzene rings is 3. The molecule has 0 aliphatic heterocycles. The molecule has 6 heteroatoms. The van der Waals surface area contributed by atoms with Gasteiger partial charge < -0.3 is 9.47 Å². The summed E-state index contributed by atoms with van der Waals surface area (Å²) >= 11 is 0. The topological polar surface area (TPSA) is 65.0 Å². The van der Waals surface area contributed by atoms with Crippen LogP contribution in [0.4, 0.5) is 4.39 Å². The van der Waals surface area contributed by atoms with E-state index in [2.05, 4.69) is 4.99 Å². The summed E-state index contributed by atoms with van der Waals surface area (Å²) in [5.74, 6) is -1.83. The molecule has 0 fully saturated rings. The standard InChI is InChI=1S/C28H28FNO4/c1-27(2,3)33-26(32)24(30-19-20-11-7-5-8-12-20)28(4,22-15-17-23(29)18-16-22)34-25(31)21-13-9-6-10-14-21/h5-18H,19H2,1-4H3. The van der Waals surface area contributed by atoms with Crippen LogP contribution in [0.2, 0.25) is 0 Å². The quantitative estimate of drug-likeness (QED) is 0.326. The maximum Gasteiger partial charge on any atom is 0.357 e. The molecule has 0 saturated carbocycles. The van der Waals surface area contributed by atoms with E-state index in [1.807, 2.05) is 30.3 Å². The van der Waals surface area contributed by atoms with Gasteiger partial charge in [-0.3, -0.25) is 4.99 Å². The third-order valence-corrected chi connectivity index (χ3v) is 5.01. The maximum absolute atomic E-state index is 13.7. The molecule has 3 aromatic carbocycles. The van der Waals surface area contributed by atoms with Crippen molar-refractivity contribution in [2.75, 3.05) is 0 Å². The smallest absolute Gasteiger partial charge is 0.357 e. The molecule has 0 radical (unpaired) electrons. The second-order valence-electron chi connectivity index (χ2n) is 8.95. The first-order chi connectivity index (χ1) is 16.1. The lowest BCUT2D eigenvalue weighted by Gasteiger charge is -2.32. The second kappa shape index (κ2) is 10.4. The Morgan fingerprint density at radius 1 is 0.794 bits per heavy atom. The van der Waals surface area contributed by atoms with Crippen molar-refractivity contribution in [3.63, 3.8) is 0 Å². The van der Waals surface area contributed by atoms with Crippen molar-refractivity contribution < 1.29 is 23.5 Å². The summed E-state index contributed by atoms with van der Waals surface area (Å²) < 4.78 is 25.3. The van der Waals surface area contributed by atoms with Crippen LogP contribution in [0.25, 0.3) is 0 Å². The van der Waals surface area contributed by atoms with Gasteiger partial charge in [0.1, 0.15) is 11.4 Å². The van der Waals surface area contributed by atoms with Crippen LogP contribution in [0.3, 0.4) is 0 Å². The van der Waals surface area contributed by atoms with Crippen LogP contribution in [-0.2, 0) is 26.4 Å². The lowest BCUT2D eigenvalue weighted by molar-refractivity contribution is -0.147. The molecular formula is C28H28FNO4. The average molecular weight is 462 g/mol. The first-order valence-electron chi connectivity index (χ1n) is 10.9. The minimum atomic E-state index is -1.64. The highest BCUT2D eigenvalue weighted by Crippen LogP contribution is 2.31. The first kappa shape index (κ1) is 24.8. The van der Waals surface area contributed by atoms with Crippen molar-refractivity contribution in [1.29, 1.82) is 0 Å². The molecule has 0 aromatic heterocycles. The van der Waals surface area contributed by atoms with Gasteiger partial charge in [-0.25, -0.2) is 14.0 Å². The van der Waals surface area contributed by atoms with Gasteiger partial charge in [0.15, 0.2) is 11.3 Å². The Balaban J connectivity index is 2.12. The Kier molecular flexibility index (Phi) is 7.61. The van der Waals surface area contributed by atoms with Gasteiger partial charge in [0.2, 0.25) is 0 Å². The Morgan fingerprint density at radius 2 is 1.35 bits per heavy atom. The molecule has 5 nitrogen and oxygen atoms in total. The minimum Gasteiger partial charge on any atom is -0.455 e. The van der Waals surface area contributed by atoms with Crippen LogP contribution < -0.4 is 0 Å². The predicted molar refractivity (Wildman–Crippen MR) is 129 cm³/mol. The fourth-order valence-corrected chi connectivity index (χ4v) is 3.32. The molecule has 0 N–H and O–H groups in total. The number of aliphatic imine (C=N–C) groups is 1. The van der Waals surface area contributed by atoms with E-state index in [0.29, 0.717) is 11.1 Å². The van der Waals surface area contributed by atoms with E-state index in [0.717, 1.165) is 5.56 Å². The largest absolute Gasteiger partial charge is 0.455 e. The number of hydrogen-bond acceptors (Lipinski definition) is 5. The summed E-state index contributed by atoms with van der Waals surface area (Å²) in [7, 11) is 0. The van der Waals surface area contributed by atoms with Crippen LogP contribution in [-0.4, -0.2) is 23.3 Å². The van der Waals surface area contributed by atoms with Crippen LogP contribution in [0.15, 0.2) is 89.9 Å². The maximum atomic E-state index is 13.7. The molecule has 0 aliphatic carbocycles. The fourth-order valence-electron chi connectivity index (χ4n) is 3.32. The van der Waals surface area contributed by atoms with Crippen molar-refractivity contribution in [2.24, 2.45) is 4.99 Å². The zero-order valence-corrected chi connectivity index (χ0v) is 19.7. The number of nitrogens with zero attached hydrogens (tertiary/aromatic N) is 1. The Hall–Kier alpha value is -3.80. The molecule has 3 aromatic rings. The lowest BCUT2D eigenvalue weighted by Crippen LogP contribution is -2.45. The zero-order chi connectivity index (χ0) is 24.8. The van der Waals surface area contributed by atoms with E-state index in [4.69, 9.17) is 9.47 Å². The summed E-state index contributed by atoms with van der Waals surface area (Å²) in [4.78, 5) is 31.0. The molecule has 3 rings (SSSR count). The van der Waals surface area contributed by atoms with Gasteiger partial charge in [-0.2, -0.15) is 0 Å². The molecule has 0 spiro atoms. The Morgan fingerprint density at radius 3 is 1.91 bits per heavy atom. The number of rotatable bonds is 7. The minimum absolute atomic E-state index is 0.0952. The van der Waals surface area contributed by atoms with E-state index < -0.39 is 29.0 Å². The highest BCUT2D eigenvalue weighted by atomic mass is 19.1. The molecule has 0 amide bonds. The highest BCUT2D eigenvalue weighted by Gasteiger charge is 2.43. The normalized spacial score (nSPS) is 13.6. The molecule has 34 heavy (non-hydrogen) atoms. The van der Waals surface area contributed by atoms with Gasteiger partial charge in [-0.05, 0) is 57.5 Å². The van der Waals surface area contributed by atoms with Gasteiger partial charge in [-0.1, -0.05) is 60.7 Å². The number of carbonyl (C=O) groups excluding carboxylic acids is 2. The lowest BCUT2D eigenvalue weighted by atomic mass is 9.89. The average Bonchev–Trinajstić information content (AvgIpc) is 2.79. The number of esters is 2. The summed E-state index contributed by atoms with van der Waals surface area (Å²) in [6.45, 7) is 6.95. The number of halogens is 1. The SMILES string of the molecule is CC(C)(C)OC(=O)C(=NCc1ccccc1)C(C)(OC(=O)c1ccccc1)c1ccc(F)cc1. The molecule has 0 saturated heterocycles. The van der Waals surface area contributed by atoms with Gasteiger partial charge in [0.05, 0.1) is 12.1 Å². The van der Waals surface area contributed by atoms with Gasteiger partial charge in [-0.15, -0.1) is 0 Å². The predicted octanol–water partition coefficient (Wildman–Crippen LogP) is 5.88. The number of ether oxygens (including phenoxy) is 2. The highest BCUT2D eigenvalue weighted by molar-refractivity contribution is 6.40.